The van der Waals surface area contributed by atoms with Crippen LogP contribution in [0.1, 0.15) is 41.4 Å². The lowest BCUT2D eigenvalue weighted by Gasteiger charge is -2.28. The minimum atomic E-state index is 0.0595. The van der Waals surface area contributed by atoms with Crippen molar-refractivity contribution in [3.8, 4) is 0 Å². The van der Waals surface area contributed by atoms with Crippen LogP contribution < -0.4 is 5.56 Å². The number of fused-ring (bicyclic) bond motifs is 1. The molecule has 0 radical (unpaired) electrons. The third kappa shape index (κ3) is 2.69. The van der Waals surface area contributed by atoms with Crippen molar-refractivity contribution < 1.29 is 0 Å². The molecule has 0 unspecified atom stereocenters. The molecule has 2 aromatic rings. The third-order valence-corrected chi connectivity index (χ3v) is 4.86. The highest BCUT2D eigenvalue weighted by atomic mass is 35.5. The third-order valence-electron chi connectivity index (χ3n) is 4.49. The molecule has 5 heteroatoms. The Bertz CT molecular complexity index is 767. The predicted octanol–water partition coefficient (Wildman–Crippen LogP) is 2.86. The normalized spacial score (nSPS) is 18.2. The van der Waals surface area contributed by atoms with Crippen LogP contribution in [0.2, 0.25) is 5.02 Å². The maximum absolute atomic E-state index is 12.2. The van der Waals surface area contributed by atoms with E-state index in [1.165, 1.54) is 0 Å². The maximum Gasteiger partial charge on any atom is 0.254 e. The number of H-pyrrole nitrogens is 1. The highest BCUT2D eigenvalue weighted by Gasteiger charge is 2.29. The highest BCUT2D eigenvalue weighted by Crippen LogP contribution is 2.37. The number of nitrogens with zero attached hydrogens (tertiary/aromatic N) is 2. The van der Waals surface area contributed by atoms with Gasteiger partial charge in [-0.05, 0) is 30.9 Å². The van der Waals surface area contributed by atoms with Gasteiger partial charge in [0.2, 0.25) is 0 Å². The topological polar surface area (TPSA) is 49.0 Å². The van der Waals surface area contributed by atoms with Gasteiger partial charge < -0.3 is 4.98 Å². The zero-order valence-electron chi connectivity index (χ0n) is 12.3. The minimum absolute atomic E-state index is 0.0595. The van der Waals surface area contributed by atoms with Crippen LogP contribution in [0.3, 0.4) is 0 Å². The summed E-state index contributed by atoms with van der Waals surface area (Å²) in [7, 11) is 0. The van der Waals surface area contributed by atoms with E-state index < -0.39 is 0 Å². The van der Waals surface area contributed by atoms with Crippen LogP contribution in [0, 0.1) is 0 Å². The first-order valence-electron chi connectivity index (χ1n) is 7.78. The van der Waals surface area contributed by atoms with E-state index in [1.807, 2.05) is 18.2 Å². The largest absolute Gasteiger partial charge is 0.310 e. The van der Waals surface area contributed by atoms with Crippen molar-refractivity contribution in [3.05, 3.63) is 62.3 Å². The Kier molecular flexibility index (Phi) is 3.51. The second-order valence-corrected chi connectivity index (χ2v) is 6.61. The molecule has 22 heavy (non-hydrogen) atoms. The van der Waals surface area contributed by atoms with E-state index in [0.29, 0.717) is 5.92 Å². The molecule has 1 saturated carbocycles. The van der Waals surface area contributed by atoms with Crippen molar-refractivity contribution in [2.24, 2.45) is 0 Å². The van der Waals surface area contributed by atoms with Gasteiger partial charge >= 0.3 is 0 Å². The molecule has 1 N–H and O–H groups in total. The number of hydrogen-bond acceptors (Lipinski definition) is 3. The number of aromatic amines is 1. The van der Waals surface area contributed by atoms with Crippen LogP contribution in [0.5, 0.6) is 0 Å². The second-order valence-electron chi connectivity index (χ2n) is 6.20. The summed E-state index contributed by atoms with van der Waals surface area (Å²) >= 11 is 6.25. The summed E-state index contributed by atoms with van der Waals surface area (Å²) in [6.45, 7) is 2.39. The molecule has 2 aliphatic rings. The molecule has 1 aliphatic carbocycles. The molecule has 1 fully saturated rings. The van der Waals surface area contributed by atoms with E-state index in [0.717, 1.165) is 66.6 Å². The van der Waals surface area contributed by atoms with Gasteiger partial charge in [-0.15, -0.1) is 0 Å². The van der Waals surface area contributed by atoms with E-state index in [4.69, 9.17) is 16.6 Å². The lowest BCUT2D eigenvalue weighted by Crippen LogP contribution is -2.35. The van der Waals surface area contributed by atoms with Crippen molar-refractivity contribution in [1.29, 1.82) is 0 Å². The first kappa shape index (κ1) is 14.0. The molecule has 0 spiro atoms. The molecule has 0 atom stereocenters. The fourth-order valence-corrected chi connectivity index (χ4v) is 3.26. The van der Waals surface area contributed by atoms with Crippen molar-refractivity contribution in [2.45, 2.75) is 38.3 Å². The van der Waals surface area contributed by atoms with Crippen molar-refractivity contribution in [3.63, 3.8) is 0 Å². The fourth-order valence-electron chi connectivity index (χ4n) is 3.07. The fraction of sp³-hybridized carbons (Fsp3) is 0.412. The lowest BCUT2D eigenvalue weighted by molar-refractivity contribution is 0.240. The molecule has 0 bridgehead atoms. The van der Waals surface area contributed by atoms with Gasteiger partial charge in [0, 0.05) is 36.1 Å². The van der Waals surface area contributed by atoms with E-state index in [2.05, 4.69) is 16.0 Å². The first-order valence-corrected chi connectivity index (χ1v) is 8.16. The van der Waals surface area contributed by atoms with E-state index in [-0.39, 0.29) is 5.56 Å². The summed E-state index contributed by atoms with van der Waals surface area (Å²) < 4.78 is 0. The Balaban J connectivity index is 1.58. The number of hydrogen-bond donors (Lipinski definition) is 1. The summed E-state index contributed by atoms with van der Waals surface area (Å²) in [5.41, 5.74) is 2.99. The van der Waals surface area contributed by atoms with Crippen LogP contribution in [-0.2, 0) is 19.5 Å². The highest BCUT2D eigenvalue weighted by molar-refractivity contribution is 6.31. The van der Waals surface area contributed by atoms with Gasteiger partial charge in [-0.3, -0.25) is 9.69 Å². The van der Waals surface area contributed by atoms with Gasteiger partial charge in [0.15, 0.2) is 0 Å². The van der Waals surface area contributed by atoms with Crippen LogP contribution in [0.25, 0.3) is 0 Å². The summed E-state index contributed by atoms with van der Waals surface area (Å²) in [6, 6.07) is 7.93. The van der Waals surface area contributed by atoms with Crippen LogP contribution in [-0.4, -0.2) is 21.4 Å². The summed E-state index contributed by atoms with van der Waals surface area (Å²) in [4.78, 5) is 22.2. The smallest absolute Gasteiger partial charge is 0.254 e. The van der Waals surface area contributed by atoms with Gasteiger partial charge in [0.05, 0.1) is 5.69 Å². The Morgan fingerprint density at radius 1 is 1.32 bits per heavy atom. The molecular formula is C17H18ClN3O. The zero-order chi connectivity index (χ0) is 15.1. The quantitative estimate of drug-likeness (QED) is 0.947. The molecule has 1 aromatic carbocycles. The van der Waals surface area contributed by atoms with E-state index in [1.54, 1.807) is 0 Å². The standard InChI is InChI=1S/C17H18ClN3O/c18-14-4-2-1-3-12(14)9-21-8-7-13-15(10-21)19-16(11-5-6-11)20-17(13)22/h1-4,11H,5-10H2,(H,19,20,22). The zero-order valence-corrected chi connectivity index (χ0v) is 13.1. The Hall–Kier alpha value is -1.65. The number of halogens is 1. The molecule has 114 valence electrons. The Labute approximate surface area is 134 Å². The summed E-state index contributed by atoms with van der Waals surface area (Å²) in [5.74, 6) is 1.35. The van der Waals surface area contributed by atoms with Crippen LogP contribution in [0.4, 0.5) is 0 Å². The number of benzene rings is 1. The average molecular weight is 316 g/mol. The summed E-state index contributed by atoms with van der Waals surface area (Å²) in [5, 5.41) is 0.797. The average Bonchev–Trinajstić information content (AvgIpc) is 3.34. The predicted molar refractivity (Wildman–Crippen MR) is 86.1 cm³/mol. The van der Waals surface area contributed by atoms with Gasteiger partial charge in [-0.2, -0.15) is 0 Å². The van der Waals surface area contributed by atoms with Crippen LogP contribution >= 0.6 is 11.6 Å². The van der Waals surface area contributed by atoms with Crippen molar-refractivity contribution in [2.75, 3.05) is 6.54 Å². The Morgan fingerprint density at radius 3 is 2.91 bits per heavy atom. The lowest BCUT2D eigenvalue weighted by atomic mass is 10.1. The molecule has 4 nitrogen and oxygen atoms in total. The number of nitrogens with one attached hydrogen (secondary N) is 1. The van der Waals surface area contributed by atoms with Gasteiger partial charge in [-0.25, -0.2) is 4.98 Å². The maximum atomic E-state index is 12.2. The minimum Gasteiger partial charge on any atom is -0.310 e. The second kappa shape index (κ2) is 5.52. The van der Waals surface area contributed by atoms with E-state index in [9.17, 15) is 4.79 Å². The number of rotatable bonds is 3. The van der Waals surface area contributed by atoms with E-state index >= 15 is 0 Å². The molecule has 0 amide bonds. The van der Waals surface area contributed by atoms with Gasteiger partial charge in [0.1, 0.15) is 5.82 Å². The van der Waals surface area contributed by atoms with Crippen molar-refractivity contribution >= 4 is 11.6 Å². The molecular weight excluding hydrogens is 298 g/mol. The summed E-state index contributed by atoms with van der Waals surface area (Å²) in [6.07, 6.45) is 3.04. The first-order chi connectivity index (χ1) is 10.7. The SMILES string of the molecule is O=c1[nH]c(C2CC2)nc2c1CCN(Cc1ccccc1Cl)C2. The molecule has 1 aromatic heterocycles. The van der Waals surface area contributed by atoms with Crippen molar-refractivity contribution in [1.82, 2.24) is 14.9 Å². The molecule has 1 aliphatic heterocycles. The van der Waals surface area contributed by atoms with Gasteiger partial charge in [0.25, 0.3) is 5.56 Å². The van der Waals surface area contributed by atoms with Crippen LogP contribution in [0.15, 0.2) is 29.1 Å². The van der Waals surface area contributed by atoms with Gasteiger partial charge in [-0.1, -0.05) is 29.8 Å². The molecule has 4 rings (SSSR count). The Morgan fingerprint density at radius 2 is 2.14 bits per heavy atom. The number of aromatic nitrogens is 2. The molecule has 2 heterocycles. The monoisotopic (exact) mass is 315 g/mol. The molecule has 0 saturated heterocycles.